The standard InChI is InChI=1S/C26H26BrClN2O3/c1-18-14-22(12-13-23(18)28)33-17-25(31)30(16-20-8-10-21(27)11-9-20)24(26(32)29-2)15-19-6-4-3-5-7-19/h3-14,24H,15-17H2,1-2H3,(H,29,32)/t24-/m1/s1. The first-order chi connectivity index (χ1) is 15.9. The molecule has 0 unspecified atom stereocenters. The van der Waals surface area contributed by atoms with Crippen molar-refractivity contribution in [3.8, 4) is 5.75 Å². The number of nitrogens with one attached hydrogen (secondary N) is 1. The zero-order valence-electron chi connectivity index (χ0n) is 18.6. The van der Waals surface area contributed by atoms with Gasteiger partial charge in [0.15, 0.2) is 6.61 Å². The molecule has 1 N–H and O–H groups in total. The van der Waals surface area contributed by atoms with Crippen molar-refractivity contribution in [2.75, 3.05) is 13.7 Å². The molecule has 0 radical (unpaired) electrons. The van der Waals surface area contributed by atoms with Crippen LogP contribution >= 0.6 is 27.5 Å². The Morgan fingerprint density at radius 1 is 1.03 bits per heavy atom. The Kier molecular flexibility index (Phi) is 8.92. The molecule has 0 aliphatic heterocycles. The molecule has 0 spiro atoms. The van der Waals surface area contributed by atoms with Gasteiger partial charge in [-0.25, -0.2) is 0 Å². The number of aryl methyl sites for hydroxylation is 1. The van der Waals surface area contributed by atoms with Crippen LogP contribution in [0.1, 0.15) is 16.7 Å². The molecule has 2 amide bonds. The van der Waals surface area contributed by atoms with Crippen LogP contribution in [-0.4, -0.2) is 36.4 Å². The number of carbonyl (C=O) groups excluding carboxylic acids is 2. The van der Waals surface area contributed by atoms with Gasteiger partial charge < -0.3 is 15.0 Å². The molecule has 33 heavy (non-hydrogen) atoms. The topological polar surface area (TPSA) is 58.6 Å². The maximum atomic E-state index is 13.4. The third-order valence-electron chi connectivity index (χ3n) is 5.28. The van der Waals surface area contributed by atoms with Crippen LogP contribution in [-0.2, 0) is 22.6 Å². The van der Waals surface area contributed by atoms with Gasteiger partial charge in [0.05, 0.1) is 0 Å². The summed E-state index contributed by atoms with van der Waals surface area (Å²) in [4.78, 5) is 27.9. The van der Waals surface area contributed by atoms with E-state index in [1.807, 2.05) is 61.5 Å². The summed E-state index contributed by atoms with van der Waals surface area (Å²) in [5, 5.41) is 3.34. The van der Waals surface area contributed by atoms with E-state index >= 15 is 0 Å². The number of rotatable bonds is 9. The molecule has 3 aromatic rings. The largest absolute Gasteiger partial charge is 0.484 e. The molecule has 0 saturated carbocycles. The van der Waals surface area contributed by atoms with Gasteiger partial charge in [-0.05, 0) is 53.9 Å². The molecular formula is C26H26BrClN2O3. The van der Waals surface area contributed by atoms with Crippen molar-refractivity contribution in [1.29, 1.82) is 0 Å². The van der Waals surface area contributed by atoms with Crippen LogP contribution in [0.15, 0.2) is 77.3 Å². The van der Waals surface area contributed by atoms with E-state index in [-0.39, 0.29) is 25.0 Å². The Morgan fingerprint density at radius 2 is 1.73 bits per heavy atom. The van der Waals surface area contributed by atoms with Gasteiger partial charge in [0.25, 0.3) is 5.91 Å². The van der Waals surface area contributed by atoms with Crippen LogP contribution in [0.25, 0.3) is 0 Å². The quantitative estimate of drug-likeness (QED) is 0.416. The number of ether oxygens (including phenoxy) is 1. The summed E-state index contributed by atoms with van der Waals surface area (Å²) in [6.45, 7) is 1.96. The predicted molar refractivity (Wildman–Crippen MR) is 134 cm³/mol. The highest BCUT2D eigenvalue weighted by Gasteiger charge is 2.30. The second-order valence-corrected chi connectivity index (χ2v) is 8.99. The number of hydrogen-bond acceptors (Lipinski definition) is 3. The third kappa shape index (κ3) is 7.07. The maximum Gasteiger partial charge on any atom is 0.261 e. The minimum Gasteiger partial charge on any atom is -0.484 e. The summed E-state index contributed by atoms with van der Waals surface area (Å²) in [6.07, 6.45) is 0.392. The van der Waals surface area contributed by atoms with Crippen molar-refractivity contribution in [2.24, 2.45) is 0 Å². The van der Waals surface area contributed by atoms with Crippen LogP contribution in [0.5, 0.6) is 5.75 Å². The maximum absolute atomic E-state index is 13.4. The van der Waals surface area contributed by atoms with Crippen molar-refractivity contribution in [3.05, 3.63) is 99.0 Å². The van der Waals surface area contributed by atoms with E-state index in [0.29, 0.717) is 17.2 Å². The van der Waals surface area contributed by atoms with E-state index in [4.69, 9.17) is 16.3 Å². The molecule has 1 atom stereocenters. The molecule has 0 aliphatic rings. The average molecular weight is 530 g/mol. The molecular weight excluding hydrogens is 504 g/mol. The first-order valence-electron chi connectivity index (χ1n) is 10.6. The summed E-state index contributed by atoms with van der Waals surface area (Å²) < 4.78 is 6.71. The summed E-state index contributed by atoms with van der Waals surface area (Å²) in [6, 6.07) is 21.9. The van der Waals surface area contributed by atoms with E-state index in [0.717, 1.165) is 21.2 Å². The number of amides is 2. The van der Waals surface area contributed by atoms with E-state index in [9.17, 15) is 9.59 Å². The van der Waals surface area contributed by atoms with Crippen LogP contribution in [0.2, 0.25) is 5.02 Å². The first-order valence-corrected chi connectivity index (χ1v) is 11.7. The summed E-state index contributed by atoms with van der Waals surface area (Å²) >= 11 is 9.52. The van der Waals surface area contributed by atoms with Crippen molar-refractivity contribution in [2.45, 2.75) is 25.9 Å². The average Bonchev–Trinajstić information content (AvgIpc) is 2.83. The number of nitrogens with zero attached hydrogens (tertiary/aromatic N) is 1. The van der Waals surface area contributed by atoms with Crippen LogP contribution in [0.3, 0.4) is 0 Å². The van der Waals surface area contributed by atoms with Crippen molar-refractivity contribution < 1.29 is 14.3 Å². The second-order valence-electron chi connectivity index (χ2n) is 7.67. The molecule has 172 valence electrons. The van der Waals surface area contributed by atoms with Crippen molar-refractivity contribution in [1.82, 2.24) is 10.2 Å². The summed E-state index contributed by atoms with van der Waals surface area (Å²) in [5.41, 5.74) is 2.74. The van der Waals surface area contributed by atoms with Crippen molar-refractivity contribution >= 4 is 39.3 Å². The molecule has 0 fully saturated rings. The summed E-state index contributed by atoms with van der Waals surface area (Å²) in [5.74, 6) is 0.0371. The van der Waals surface area contributed by atoms with Gasteiger partial charge in [0.1, 0.15) is 11.8 Å². The Balaban J connectivity index is 1.86. The summed E-state index contributed by atoms with van der Waals surface area (Å²) in [7, 11) is 1.58. The lowest BCUT2D eigenvalue weighted by Gasteiger charge is -2.31. The molecule has 0 saturated heterocycles. The lowest BCUT2D eigenvalue weighted by atomic mass is 10.0. The third-order valence-corrected chi connectivity index (χ3v) is 6.23. The van der Waals surface area contributed by atoms with Gasteiger partial charge >= 0.3 is 0 Å². The number of halogens is 2. The monoisotopic (exact) mass is 528 g/mol. The Bertz CT molecular complexity index is 1090. The highest BCUT2D eigenvalue weighted by Crippen LogP contribution is 2.22. The van der Waals surface area contributed by atoms with Crippen LogP contribution < -0.4 is 10.1 Å². The molecule has 0 aliphatic carbocycles. The Morgan fingerprint density at radius 3 is 2.36 bits per heavy atom. The minimum atomic E-state index is -0.691. The van der Waals surface area contributed by atoms with Crippen LogP contribution in [0, 0.1) is 6.92 Å². The number of benzene rings is 3. The fourth-order valence-electron chi connectivity index (χ4n) is 3.44. The minimum absolute atomic E-state index is 0.195. The highest BCUT2D eigenvalue weighted by molar-refractivity contribution is 9.10. The lowest BCUT2D eigenvalue weighted by Crippen LogP contribution is -2.51. The van der Waals surface area contributed by atoms with Gasteiger partial charge in [-0.15, -0.1) is 0 Å². The normalized spacial score (nSPS) is 11.5. The van der Waals surface area contributed by atoms with Crippen molar-refractivity contribution in [3.63, 3.8) is 0 Å². The first kappa shape index (κ1) is 24.8. The molecule has 3 aromatic carbocycles. The zero-order chi connectivity index (χ0) is 23.8. The second kappa shape index (κ2) is 11.9. The fraction of sp³-hybridized carbons (Fsp3) is 0.231. The van der Waals surface area contributed by atoms with E-state index < -0.39 is 6.04 Å². The van der Waals surface area contributed by atoms with E-state index in [1.165, 1.54) is 0 Å². The zero-order valence-corrected chi connectivity index (χ0v) is 20.9. The number of likely N-dealkylation sites (N-methyl/N-ethyl adjacent to an activating group) is 1. The smallest absolute Gasteiger partial charge is 0.261 e. The number of carbonyl (C=O) groups is 2. The van der Waals surface area contributed by atoms with Gasteiger partial charge in [0.2, 0.25) is 5.91 Å². The molecule has 0 heterocycles. The van der Waals surface area contributed by atoms with E-state index in [1.54, 1.807) is 30.1 Å². The van der Waals surface area contributed by atoms with Gasteiger partial charge in [-0.3, -0.25) is 9.59 Å². The van der Waals surface area contributed by atoms with Gasteiger partial charge in [0, 0.05) is 29.5 Å². The molecule has 0 bridgehead atoms. The van der Waals surface area contributed by atoms with Crippen LogP contribution in [0.4, 0.5) is 0 Å². The van der Waals surface area contributed by atoms with E-state index in [2.05, 4.69) is 21.2 Å². The molecule has 5 nitrogen and oxygen atoms in total. The molecule has 7 heteroatoms. The SMILES string of the molecule is CNC(=O)[C@@H](Cc1ccccc1)N(Cc1ccc(Br)cc1)C(=O)COc1ccc(Cl)c(C)c1. The Hall–Kier alpha value is -2.83. The molecule has 3 rings (SSSR count). The molecule has 0 aromatic heterocycles. The van der Waals surface area contributed by atoms with Gasteiger partial charge in [-0.2, -0.15) is 0 Å². The fourth-order valence-corrected chi connectivity index (χ4v) is 3.82. The van der Waals surface area contributed by atoms with Gasteiger partial charge in [-0.1, -0.05) is 70.0 Å². The highest BCUT2D eigenvalue weighted by atomic mass is 79.9. The lowest BCUT2D eigenvalue weighted by molar-refractivity contribution is -0.142. The Labute approximate surface area is 207 Å². The number of hydrogen-bond donors (Lipinski definition) is 1. The predicted octanol–water partition coefficient (Wildman–Crippen LogP) is 5.18.